The molecule has 0 fully saturated rings. The average Bonchev–Trinajstić information content (AvgIpc) is 3.73. The van der Waals surface area contributed by atoms with Crippen LogP contribution in [0.3, 0.4) is 0 Å². The van der Waals surface area contributed by atoms with Crippen LogP contribution < -0.4 is 0 Å². The molecule has 0 atom stereocenters. The molecule has 0 aliphatic rings. The van der Waals surface area contributed by atoms with Gasteiger partial charge in [-0.3, -0.25) is 9.97 Å². The molecule has 0 radical (unpaired) electrons. The van der Waals surface area contributed by atoms with E-state index < -0.39 is 0 Å². The molecule has 0 amide bonds. The number of hydrogen-bond donors (Lipinski definition) is 0. The van der Waals surface area contributed by atoms with Gasteiger partial charge in [0.2, 0.25) is 0 Å². The minimum absolute atomic E-state index is 0.986. The molecule has 4 aromatic heterocycles. The highest BCUT2D eigenvalue weighted by atomic mass is 32.1. The van der Waals surface area contributed by atoms with E-state index in [1.165, 1.54) is 62.2 Å². The summed E-state index contributed by atoms with van der Waals surface area (Å²) in [5.74, 6) is 0. The molecule has 0 aliphatic heterocycles. The first-order valence-electron chi connectivity index (χ1n) is 16.1. The van der Waals surface area contributed by atoms with Gasteiger partial charge in [0, 0.05) is 75.0 Å². The Labute approximate surface area is 285 Å². The smallest absolute Gasteiger partial charge is 0.0716 e. The summed E-state index contributed by atoms with van der Waals surface area (Å²) in [6, 6.07) is 52.3. The summed E-state index contributed by atoms with van der Waals surface area (Å²) in [4.78, 5) is 10.1. The molecule has 0 N–H and O–H groups in total. The lowest BCUT2D eigenvalue weighted by Gasteiger charge is -2.14. The van der Waals surface area contributed by atoms with Crippen LogP contribution in [-0.2, 0) is 0 Å². The molecule has 0 spiro atoms. The maximum Gasteiger partial charge on any atom is 0.0716 e. The number of thiophene rings is 2. The third-order valence-electron chi connectivity index (χ3n) is 9.40. The van der Waals surface area contributed by atoms with Crippen molar-refractivity contribution in [2.24, 2.45) is 0 Å². The summed E-state index contributed by atoms with van der Waals surface area (Å²) in [6.07, 6.45) is 4.05. The van der Waals surface area contributed by atoms with Crippen LogP contribution in [0.4, 0.5) is 0 Å². The fourth-order valence-corrected chi connectivity index (χ4v) is 9.49. The highest BCUT2D eigenvalue weighted by molar-refractivity contribution is 7.26. The molecule has 224 valence electrons. The first-order chi connectivity index (χ1) is 23.8. The molecule has 4 heterocycles. The molecular weight excluding hydrogens is 621 g/mol. The van der Waals surface area contributed by atoms with Crippen LogP contribution in [-0.4, -0.2) is 9.97 Å². The third-order valence-corrected chi connectivity index (χ3v) is 11.8. The van der Waals surface area contributed by atoms with Crippen molar-refractivity contribution in [2.75, 3.05) is 0 Å². The predicted octanol–water partition coefficient (Wildman–Crippen LogP) is 13.0. The Morgan fingerprint density at radius 1 is 0.354 bits per heavy atom. The van der Waals surface area contributed by atoms with Crippen molar-refractivity contribution in [3.05, 3.63) is 158 Å². The van der Waals surface area contributed by atoms with Crippen molar-refractivity contribution in [1.82, 2.24) is 9.97 Å². The van der Waals surface area contributed by atoms with E-state index in [0.29, 0.717) is 0 Å². The van der Waals surface area contributed by atoms with Crippen LogP contribution in [0.25, 0.3) is 95.9 Å². The van der Waals surface area contributed by atoms with Crippen molar-refractivity contribution < 1.29 is 0 Å². The van der Waals surface area contributed by atoms with Crippen LogP contribution in [0.5, 0.6) is 0 Å². The molecule has 0 bridgehead atoms. The van der Waals surface area contributed by atoms with Crippen molar-refractivity contribution in [3.63, 3.8) is 0 Å². The van der Waals surface area contributed by atoms with Crippen LogP contribution >= 0.6 is 22.7 Å². The number of fused-ring (bicyclic) bond motifs is 7. The van der Waals surface area contributed by atoms with Crippen molar-refractivity contribution >= 4 is 73.8 Å². The second kappa shape index (κ2) is 11.0. The first kappa shape index (κ1) is 27.4. The van der Waals surface area contributed by atoms with E-state index in [-0.39, 0.29) is 0 Å². The summed E-state index contributed by atoms with van der Waals surface area (Å²) in [5.41, 5.74) is 8.78. The number of aromatic nitrogens is 2. The zero-order valence-corrected chi connectivity index (χ0v) is 27.4. The van der Waals surface area contributed by atoms with Gasteiger partial charge in [0.1, 0.15) is 0 Å². The summed E-state index contributed by atoms with van der Waals surface area (Å²) in [6.45, 7) is 0. The molecular formula is C44H26N2S2. The van der Waals surface area contributed by atoms with Gasteiger partial charge in [-0.1, -0.05) is 109 Å². The van der Waals surface area contributed by atoms with Crippen LogP contribution in [0.2, 0.25) is 0 Å². The van der Waals surface area contributed by atoms with Gasteiger partial charge in [0.25, 0.3) is 0 Å². The molecule has 2 nitrogen and oxygen atoms in total. The average molecular weight is 647 g/mol. The van der Waals surface area contributed by atoms with Crippen LogP contribution in [0.15, 0.2) is 158 Å². The van der Waals surface area contributed by atoms with Gasteiger partial charge in [-0.15, -0.1) is 22.7 Å². The summed E-state index contributed by atoms with van der Waals surface area (Å²) in [5, 5.41) is 7.59. The SMILES string of the molecule is c1ccc2cc(-c3ccc(-c4cccc5c4sc4ccccc45)nc3)c(-c3ccc(-c4cccc5c4sc4ccccc45)nc3)cc2c1. The predicted molar refractivity (Wildman–Crippen MR) is 207 cm³/mol. The van der Waals surface area contributed by atoms with Crippen molar-refractivity contribution in [2.45, 2.75) is 0 Å². The number of benzene rings is 6. The monoisotopic (exact) mass is 646 g/mol. The number of pyridine rings is 2. The van der Waals surface area contributed by atoms with Gasteiger partial charge in [-0.05, 0) is 58.3 Å². The second-order valence-corrected chi connectivity index (χ2v) is 14.3. The molecule has 0 saturated heterocycles. The summed E-state index contributed by atoms with van der Waals surface area (Å²) < 4.78 is 5.17. The Balaban J connectivity index is 1.07. The van der Waals surface area contributed by atoms with E-state index in [2.05, 4.69) is 146 Å². The van der Waals surface area contributed by atoms with E-state index in [9.17, 15) is 0 Å². The maximum absolute atomic E-state index is 5.05. The molecule has 0 aliphatic carbocycles. The zero-order chi connectivity index (χ0) is 31.6. The maximum atomic E-state index is 5.05. The fourth-order valence-electron chi connectivity index (χ4n) is 7.04. The molecule has 10 aromatic rings. The molecule has 0 unspecified atom stereocenters. The molecule has 0 saturated carbocycles. The highest BCUT2D eigenvalue weighted by Crippen LogP contribution is 2.42. The summed E-state index contributed by atoms with van der Waals surface area (Å²) >= 11 is 3.68. The van der Waals surface area contributed by atoms with Gasteiger partial charge >= 0.3 is 0 Å². The first-order valence-corrected chi connectivity index (χ1v) is 17.7. The molecule has 6 aromatic carbocycles. The lowest BCUT2D eigenvalue weighted by Crippen LogP contribution is -1.91. The third kappa shape index (κ3) is 4.38. The quantitative estimate of drug-likeness (QED) is 0.190. The Kier molecular flexibility index (Phi) is 6.26. The Morgan fingerprint density at radius 2 is 0.792 bits per heavy atom. The number of hydrogen-bond acceptors (Lipinski definition) is 4. The van der Waals surface area contributed by atoms with Crippen molar-refractivity contribution in [3.8, 4) is 44.8 Å². The standard InChI is InChI=1S/C44H26N2S2/c1-2-10-28-24-38(30-20-22-40(46-26-30)36-16-8-14-34-32-12-4-6-18-42(32)48-44(34)36)37(23-27(28)9-1)29-19-21-39(45-25-29)35-15-7-13-33-31-11-3-5-17-41(31)47-43(33)35/h1-26H. The van der Waals surface area contributed by atoms with Gasteiger partial charge in [-0.25, -0.2) is 0 Å². The molecule has 4 heteroatoms. The zero-order valence-electron chi connectivity index (χ0n) is 25.7. The highest BCUT2D eigenvalue weighted by Gasteiger charge is 2.15. The number of rotatable bonds is 4. The van der Waals surface area contributed by atoms with Gasteiger partial charge < -0.3 is 0 Å². The van der Waals surface area contributed by atoms with Gasteiger partial charge in [0.15, 0.2) is 0 Å². The Morgan fingerprint density at radius 3 is 1.25 bits per heavy atom. The minimum Gasteiger partial charge on any atom is -0.256 e. The van der Waals surface area contributed by atoms with E-state index in [1.807, 2.05) is 35.1 Å². The van der Waals surface area contributed by atoms with Crippen molar-refractivity contribution in [1.29, 1.82) is 0 Å². The van der Waals surface area contributed by atoms with Gasteiger partial charge in [0.05, 0.1) is 11.4 Å². The van der Waals surface area contributed by atoms with Crippen LogP contribution in [0.1, 0.15) is 0 Å². The Bertz CT molecular complexity index is 2630. The second-order valence-electron chi connectivity index (χ2n) is 12.2. The van der Waals surface area contributed by atoms with Gasteiger partial charge in [-0.2, -0.15) is 0 Å². The van der Waals surface area contributed by atoms with E-state index in [4.69, 9.17) is 9.97 Å². The molecule has 10 rings (SSSR count). The lowest BCUT2D eigenvalue weighted by molar-refractivity contribution is 1.32. The minimum atomic E-state index is 0.986. The normalized spacial score (nSPS) is 11.8. The fraction of sp³-hybridized carbons (Fsp3) is 0. The Hall–Kier alpha value is -5.68. The summed E-state index contributed by atoms with van der Waals surface area (Å²) in [7, 11) is 0. The number of nitrogens with zero attached hydrogens (tertiary/aromatic N) is 2. The van der Waals surface area contributed by atoms with E-state index in [1.54, 1.807) is 0 Å². The molecule has 48 heavy (non-hydrogen) atoms. The van der Waals surface area contributed by atoms with E-state index >= 15 is 0 Å². The lowest BCUT2D eigenvalue weighted by atomic mass is 9.92. The van der Waals surface area contributed by atoms with E-state index in [0.717, 1.165) is 33.6 Å². The largest absolute Gasteiger partial charge is 0.256 e. The topological polar surface area (TPSA) is 25.8 Å². The van der Waals surface area contributed by atoms with Crippen LogP contribution in [0, 0.1) is 0 Å².